The van der Waals surface area contributed by atoms with E-state index in [0.29, 0.717) is 10.6 Å². The fourth-order valence-corrected chi connectivity index (χ4v) is 2.78. The second kappa shape index (κ2) is 9.64. The minimum Gasteiger partial charge on any atom is -0.454 e. The average Bonchev–Trinajstić information content (AvgIpc) is 2.78. The highest BCUT2D eigenvalue weighted by Crippen LogP contribution is 2.19. The number of esters is 1. The van der Waals surface area contributed by atoms with Crippen LogP contribution in [0.5, 0.6) is 0 Å². The first-order valence-corrected chi connectivity index (χ1v) is 9.33. The summed E-state index contributed by atoms with van der Waals surface area (Å²) in [5.74, 6) is -1.86. The van der Waals surface area contributed by atoms with E-state index in [1.807, 2.05) is 0 Å². The van der Waals surface area contributed by atoms with Gasteiger partial charge in [-0.1, -0.05) is 29.8 Å². The Hall–Kier alpha value is -4.04. The maximum atomic E-state index is 12.5. The van der Waals surface area contributed by atoms with Crippen LogP contribution in [0.1, 0.15) is 31.1 Å². The highest BCUT2D eigenvalue weighted by Gasteiger charge is 2.18. The van der Waals surface area contributed by atoms with Gasteiger partial charge in [0.25, 0.3) is 11.6 Å². The van der Waals surface area contributed by atoms with Gasteiger partial charge in [0.1, 0.15) is 0 Å². The largest absolute Gasteiger partial charge is 0.454 e. The van der Waals surface area contributed by atoms with Crippen LogP contribution in [0, 0.1) is 10.1 Å². The fraction of sp³-hybridized carbons (Fsp3) is 0.0455. The maximum absolute atomic E-state index is 12.5. The number of ether oxygens (including phenoxy) is 1. The molecule has 0 atom stereocenters. The molecule has 0 aliphatic heterocycles. The number of nitro benzene ring substituents is 1. The Morgan fingerprint density at radius 2 is 1.65 bits per heavy atom. The maximum Gasteiger partial charge on any atom is 0.340 e. The van der Waals surface area contributed by atoms with Crippen molar-refractivity contribution in [3.63, 3.8) is 0 Å². The number of halogens is 1. The van der Waals surface area contributed by atoms with Gasteiger partial charge >= 0.3 is 5.97 Å². The Morgan fingerprint density at radius 1 is 0.935 bits per heavy atom. The van der Waals surface area contributed by atoms with Crippen molar-refractivity contribution in [2.75, 3.05) is 11.9 Å². The predicted octanol–water partition coefficient (Wildman–Crippen LogP) is 4.54. The molecular formula is C22H15ClN2O6. The molecule has 0 aliphatic carbocycles. The van der Waals surface area contributed by atoms with Gasteiger partial charge in [0.2, 0.25) is 0 Å². The topological polar surface area (TPSA) is 116 Å². The number of benzene rings is 3. The van der Waals surface area contributed by atoms with E-state index in [9.17, 15) is 24.5 Å². The van der Waals surface area contributed by atoms with Crippen molar-refractivity contribution in [2.24, 2.45) is 0 Å². The number of non-ortho nitro benzene ring substituents is 1. The smallest absolute Gasteiger partial charge is 0.340 e. The lowest BCUT2D eigenvalue weighted by atomic mass is 10.1. The third-order valence-electron chi connectivity index (χ3n) is 4.21. The molecule has 1 amide bonds. The summed E-state index contributed by atoms with van der Waals surface area (Å²) in [6.45, 7) is -0.492. The van der Waals surface area contributed by atoms with Crippen molar-refractivity contribution in [2.45, 2.75) is 0 Å². The molecule has 3 aromatic rings. The van der Waals surface area contributed by atoms with E-state index in [4.69, 9.17) is 16.3 Å². The number of nitro groups is 1. The standard InChI is InChI=1S/C22H15ClN2O6/c23-16-10-8-14(9-11-16)20(26)13-31-22(28)18-6-1-2-7-19(18)24-21(27)15-4-3-5-17(12-15)25(29)30/h1-12H,13H2,(H,24,27). The summed E-state index contributed by atoms with van der Waals surface area (Å²) in [5, 5.41) is 13.9. The lowest BCUT2D eigenvalue weighted by Gasteiger charge is -2.11. The molecule has 9 heteroatoms. The highest BCUT2D eigenvalue weighted by atomic mass is 35.5. The third-order valence-corrected chi connectivity index (χ3v) is 4.47. The molecule has 0 aliphatic rings. The first-order chi connectivity index (χ1) is 14.8. The van der Waals surface area contributed by atoms with Gasteiger partial charge in [-0.3, -0.25) is 19.7 Å². The van der Waals surface area contributed by atoms with Crippen LogP contribution < -0.4 is 5.32 Å². The van der Waals surface area contributed by atoms with Gasteiger partial charge in [-0.15, -0.1) is 0 Å². The molecule has 31 heavy (non-hydrogen) atoms. The second-order valence-electron chi connectivity index (χ2n) is 6.31. The second-order valence-corrected chi connectivity index (χ2v) is 6.75. The Labute approximate surface area is 181 Å². The van der Waals surface area contributed by atoms with Crippen LogP contribution in [0.2, 0.25) is 5.02 Å². The van der Waals surface area contributed by atoms with Gasteiger partial charge in [0.05, 0.1) is 16.2 Å². The number of nitrogens with zero attached hydrogens (tertiary/aromatic N) is 1. The van der Waals surface area contributed by atoms with Crippen LogP contribution in [0.25, 0.3) is 0 Å². The summed E-state index contributed by atoms with van der Waals surface area (Å²) in [6.07, 6.45) is 0. The molecular weight excluding hydrogens is 424 g/mol. The minimum atomic E-state index is -0.808. The van der Waals surface area contributed by atoms with Gasteiger partial charge < -0.3 is 10.1 Å². The molecule has 0 spiro atoms. The monoisotopic (exact) mass is 438 g/mol. The zero-order chi connectivity index (χ0) is 22.4. The normalized spacial score (nSPS) is 10.2. The number of para-hydroxylation sites is 1. The van der Waals surface area contributed by atoms with Gasteiger partial charge in [-0.05, 0) is 42.5 Å². The van der Waals surface area contributed by atoms with Gasteiger partial charge in [0, 0.05) is 28.3 Å². The van der Waals surface area contributed by atoms with Crippen molar-refractivity contribution in [3.8, 4) is 0 Å². The molecule has 0 fully saturated rings. The summed E-state index contributed by atoms with van der Waals surface area (Å²) in [4.78, 5) is 47.4. The number of nitrogens with one attached hydrogen (secondary N) is 1. The Balaban J connectivity index is 1.70. The molecule has 0 saturated heterocycles. The first kappa shape index (κ1) is 21.7. The minimum absolute atomic E-state index is 0.0326. The Bertz CT molecular complexity index is 1160. The van der Waals surface area contributed by atoms with Crippen LogP contribution in [0.15, 0.2) is 72.8 Å². The van der Waals surface area contributed by atoms with Crippen LogP contribution in [0.3, 0.4) is 0 Å². The van der Waals surface area contributed by atoms with Crippen LogP contribution in [0.4, 0.5) is 11.4 Å². The lowest BCUT2D eigenvalue weighted by molar-refractivity contribution is -0.384. The summed E-state index contributed by atoms with van der Waals surface area (Å²) in [5.41, 5.74) is 0.328. The summed E-state index contributed by atoms with van der Waals surface area (Å²) in [6, 6.07) is 17.4. The van der Waals surface area contributed by atoms with E-state index in [2.05, 4.69) is 5.32 Å². The summed E-state index contributed by atoms with van der Waals surface area (Å²) in [7, 11) is 0. The van der Waals surface area contributed by atoms with Gasteiger partial charge in [-0.25, -0.2) is 4.79 Å². The molecule has 0 heterocycles. The molecule has 0 radical (unpaired) electrons. The van der Waals surface area contributed by atoms with E-state index >= 15 is 0 Å². The molecule has 156 valence electrons. The number of amides is 1. The first-order valence-electron chi connectivity index (χ1n) is 8.96. The number of carbonyl (C=O) groups excluding carboxylic acids is 3. The molecule has 0 unspecified atom stereocenters. The number of ketones is 1. The third kappa shape index (κ3) is 5.52. The quantitative estimate of drug-likeness (QED) is 0.250. The number of hydrogen-bond acceptors (Lipinski definition) is 6. The van der Waals surface area contributed by atoms with Crippen molar-refractivity contribution in [1.29, 1.82) is 0 Å². The van der Waals surface area contributed by atoms with E-state index in [0.717, 1.165) is 6.07 Å². The summed E-state index contributed by atoms with van der Waals surface area (Å²) < 4.78 is 5.09. The molecule has 0 saturated carbocycles. The SMILES string of the molecule is O=C(COC(=O)c1ccccc1NC(=O)c1cccc([N+](=O)[O-])c1)c1ccc(Cl)cc1. The predicted molar refractivity (Wildman–Crippen MR) is 114 cm³/mol. The van der Waals surface area contributed by atoms with E-state index < -0.39 is 29.2 Å². The Morgan fingerprint density at radius 3 is 2.35 bits per heavy atom. The molecule has 3 rings (SSSR count). The summed E-state index contributed by atoms with van der Waals surface area (Å²) >= 11 is 5.79. The van der Waals surface area contributed by atoms with E-state index in [-0.39, 0.29) is 22.5 Å². The average molecular weight is 439 g/mol. The van der Waals surface area contributed by atoms with Crippen LogP contribution in [-0.2, 0) is 4.74 Å². The van der Waals surface area contributed by atoms with Crippen molar-refractivity contribution in [3.05, 3.63) is 105 Å². The zero-order valence-electron chi connectivity index (χ0n) is 15.9. The molecule has 1 N–H and O–H groups in total. The fourth-order valence-electron chi connectivity index (χ4n) is 2.65. The number of hydrogen-bond donors (Lipinski definition) is 1. The molecule has 3 aromatic carbocycles. The van der Waals surface area contributed by atoms with E-state index in [1.54, 1.807) is 24.3 Å². The number of anilines is 1. The molecule has 0 bridgehead atoms. The van der Waals surface area contributed by atoms with Crippen molar-refractivity contribution < 1.29 is 24.0 Å². The highest BCUT2D eigenvalue weighted by molar-refractivity contribution is 6.30. The number of rotatable bonds is 7. The number of Topliss-reactive ketones (excluding diaryl/α,β-unsaturated/α-hetero) is 1. The molecule has 0 aromatic heterocycles. The van der Waals surface area contributed by atoms with Gasteiger partial charge in [-0.2, -0.15) is 0 Å². The van der Waals surface area contributed by atoms with Crippen molar-refractivity contribution in [1.82, 2.24) is 0 Å². The Kier molecular flexibility index (Phi) is 6.74. The van der Waals surface area contributed by atoms with Crippen LogP contribution >= 0.6 is 11.6 Å². The lowest BCUT2D eigenvalue weighted by Crippen LogP contribution is -2.18. The zero-order valence-corrected chi connectivity index (χ0v) is 16.7. The van der Waals surface area contributed by atoms with Gasteiger partial charge in [0.15, 0.2) is 12.4 Å². The van der Waals surface area contributed by atoms with E-state index in [1.165, 1.54) is 42.5 Å². The molecule has 8 nitrogen and oxygen atoms in total. The van der Waals surface area contributed by atoms with Crippen LogP contribution in [-0.4, -0.2) is 29.2 Å². The number of carbonyl (C=O) groups is 3. The van der Waals surface area contributed by atoms with Crippen molar-refractivity contribution >= 4 is 40.6 Å².